The zero-order valence-electron chi connectivity index (χ0n) is 7.06. The van der Waals surface area contributed by atoms with Crippen LogP contribution in [0.1, 0.15) is 33.1 Å². The molecular weight excluding hydrogens is 164 g/mol. The average molecular weight is 179 g/mol. The summed E-state index contributed by atoms with van der Waals surface area (Å²) in [6.07, 6.45) is 2.03. The fourth-order valence-electron chi connectivity index (χ4n) is 0.686. The number of rotatable bonds is 5. The van der Waals surface area contributed by atoms with E-state index in [1.807, 2.05) is 0 Å². The summed E-state index contributed by atoms with van der Waals surface area (Å²) >= 11 is 5.43. The molecule has 0 aromatic heterocycles. The van der Waals surface area contributed by atoms with Gasteiger partial charge in [0.1, 0.15) is 5.60 Å². The zero-order chi connectivity index (χ0) is 8.91. The van der Waals surface area contributed by atoms with Crippen LogP contribution in [0.2, 0.25) is 0 Å². The van der Waals surface area contributed by atoms with Crippen molar-refractivity contribution in [2.45, 2.75) is 38.7 Å². The number of alkyl halides is 1. The number of carbonyl (C=O) groups is 1. The molecule has 0 aliphatic carbocycles. The molecule has 0 radical (unpaired) electrons. The predicted octanol–water partition coefficient (Wildman–Crippen LogP) is 1.74. The quantitative estimate of drug-likeness (QED) is 0.515. The van der Waals surface area contributed by atoms with Crippen molar-refractivity contribution in [2.75, 3.05) is 5.88 Å². The third kappa shape index (κ3) is 5.22. The Morgan fingerprint density at radius 3 is 2.36 bits per heavy atom. The first-order valence-electron chi connectivity index (χ1n) is 3.80. The van der Waals surface area contributed by atoms with Gasteiger partial charge >= 0.3 is 0 Å². The number of aliphatic hydroxyl groups is 1. The first-order valence-corrected chi connectivity index (χ1v) is 4.33. The van der Waals surface area contributed by atoms with Gasteiger partial charge < -0.3 is 5.11 Å². The molecule has 0 spiro atoms. The van der Waals surface area contributed by atoms with Crippen LogP contribution in [0, 0.1) is 0 Å². The van der Waals surface area contributed by atoms with Crippen molar-refractivity contribution < 1.29 is 9.90 Å². The maximum atomic E-state index is 11.0. The Morgan fingerprint density at radius 1 is 1.45 bits per heavy atom. The smallest absolute Gasteiger partial charge is 0.163 e. The molecule has 0 saturated carbocycles. The molecule has 0 rings (SSSR count). The molecule has 0 bridgehead atoms. The van der Waals surface area contributed by atoms with Crippen molar-refractivity contribution in [1.29, 1.82) is 0 Å². The van der Waals surface area contributed by atoms with Gasteiger partial charge in [-0.05, 0) is 26.7 Å². The van der Waals surface area contributed by atoms with Crippen molar-refractivity contribution in [2.24, 2.45) is 0 Å². The van der Waals surface area contributed by atoms with Crippen molar-refractivity contribution in [1.82, 2.24) is 0 Å². The van der Waals surface area contributed by atoms with Gasteiger partial charge in [-0.1, -0.05) is 0 Å². The second-order valence-electron chi connectivity index (χ2n) is 3.13. The van der Waals surface area contributed by atoms with Gasteiger partial charge in [0.15, 0.2) is 5.78 Å². The topological polar surface area (TPSA) is 37.3 Å². The molecule has 0 aromatic carbocycles. The van der Waals surface area contributed by atoms with E-state index in [-0.39, 0.29) is 5.78 Å². The Labute approximate surface area is 72.6 Å². The molecule has 0 heterocycles. The number of hydrogen-bond donors (Lipinski definition) is 1. The minimum absolute atomic E-state index is 0.109. The van der Waals surface area contributed by atoms with Gasteiger partial charge in [-0.2, -0.15) is 0 Å². The normalized spacial score (nSPS) is 11.6. The predicted molar refractivity (Wildman–Crippen MR) is 45.9 cm³/mol. The third-order valence-corrected chi connectivity index (χ3v) is 1.74. The molecule has 3 heteroatoms. The number of Topliss-reactive ketones (excluding diaryl/α,β-unsaturated/α-hetero) is 1. The standard InChI is InChI=1S/C8H15ClO2/c1-8(2,11)7(10)5-3-4-6-9/h11H,3-6H2,1-2H3. The molecule has 0 unspecified atom stereocenters. The van der Waals surface area contributed by atoms with E-state index in [0.29, 0.717) is 12.3 Å². The second-order valence-corrected chi connectivity index (χ2v) is 3.51. The molecule has 66 valence electrons. The summed E-state index contributed by atoms with van der Waals surface area (Å²) in [5.74, 6) is 0.474. The van der Waals surface area contributed by atoms with E-state index in [0.717, 1.165) is 12.8 Å². The largest absolute Gasteiger partial charge is 0.383 e. The Hall–Kier alpha value is -0.0800. The SMILES string of the molecule is CC(C)(O)C(=O)CCCCCl. The Kier molecular flexibility index (Phi) is 4.69. The minimum Gasteiger partial charge on any atom is -0.383 e. The molecule has 0 fully saturated rings. The van der Waals surface area contributed by atoms with Crippen LogP contribution in [0.3, 0.4) is 0 Å². The Bertz CT molecular complexity index is 127. The number of halogens is 1. The van der Waals surface area contributed by atoms with Gasteiger partial charge in [-0.25, -0.2) is 0 Å². The summed E-state index contributed by atoms with van der Waals surface area (Å²) in [5, 5.41) is 9.20. The van der Waals surface area contributed by atoms with E-state index in [1.165, 1.54) is 13.8 Å². The molecule has 0 amide bonds. The molecule has 2 nitrogen and oxygen atoms in total. The minimum atomic E-state index is -1.17. The summed E-state index contributed by atoms with van der Waals surface area (Å²) in [4.78, 5) is 11.0. The van der Waals surface area contributed by atoms with Gasteiger partial charge in [-0.15, -0.1) is 11.6 Å². The van der Waals surface area contributed by atoms with E-state index in [9.17, 15) is 9.90 Å². The van der Waals surface area contributed by atoms with E-state index in [1.54, 1.807) is 0 Å². The van der Waals surface area contributed by atoms with E-state index in [2.05, 4.69) is 0 Å². The van der Waals surface area contributed by atoms with Crippen LogP contribution < -0.4 is 0 Å². The highest BCUT2D eigenvalue weighted by atomic mass is 35.5. The van der Waals surface area contributed by atoms with E-state index < -0.39 is 5.60 Å². The van der Waals surface area contributed by atoms with Crippen molar-refractivity contribution in [3.8, 4) is 0 Å². The first-order chi connectivity index (χ1) is 4.98. The van der Waals surface area contributed by atoms with Crippen LogP contribution in [0.4, 0.5) is 0 Å². The van der Waals surface area contributed by atoms with Gasteiger partial charge in [0, 0.05) is 12.3 Å². The van der Waals surface area contributed by atoms with Crippen molar-refractivity contribution >= 4 is 17.4 Å². The summed E-state index contributed by atoms with van der Waals surface area (Å²) in [6.45, 7) is 3.02. The highest BCUT2D eigenvalue weighted by Gasteiger charge is 2.22. The summed E-state index contributed by atoms with van der Waals surface area (Å²) < 4.78 is 0. The molecule has 0 aromatic rings. The van der Waals surface area contributed by atoms with Gasteiger partial charge in [-0.3, -0.25) is 4.79 Å². The summed E-state index contributed by atoms with van der Waals surface area (Å²) in [5.41, 5.74) is -1.17. The van der Waals surface area contributed by atoms with Gasteiger partial charge in [0.25, 0.3) is 0 Å². The van der Waals surface area contributed by atoms with Gasteiger partial charge in [0.05, 0.1) is 0 Å². The molecule has 1 N–H and O–H groups in total. The Morgan fingerprint density at radius 2 is 2.00 bits per heavy atom. The summed E-state index contributed by atoms with van der Waals surface area (Å²) in [7, 11) is 0. The lowest BCUT2D eigenvalue weighted by Gasteiger charge is -2.14. The highest BCUT2D eigenvalue weighted by molar-refractivity contribution is 6.17. The number of hydrogen-bond acceptors (Lipinski definition) is 2. The van der Waals surface area contributed by atoms with Crippen LogP contribution in [0.15, 0.2) is 0 Å². The Balaban J connectivity index is 3.54. The fourth-order valence-corrected chi connectivity index (χ4v) is 0.875. The maximum absolute atomic E-state index is 11.0. The lowest BCUT2D eigenvalue weighted by atomic mass is 9.99. The summed E-state index contributed by atoms with van der Waals surface area (Å²) in [6, 6.07) is 0. The van der Waals surface area contributed by atoms with Crippen LogP contribution in [-0.2, 0) is 4.79 Å². The molecule has 0 atom stereocenters. The number of ketones is 1. The van der Waals surface area contributed by atoms with Crippen molar-refractivity contribution in [3.05, 3.63) is 0 Å². The highest BCUT2D eigenvalue weighted by Crippen LogP contribution is 2.09. The van der Waals surface area contributed by atoms with Crippen LogP contribution in [0.5, 0.6) is 0 Å². The molecule has 11 heavy (non-hydrogen) atoms. The fraction of sp³-hybridized carbons (Fsp3) is 0.875. The number of carbonyl (C=O) groups excluding carboxylic acids is 1. The first kappa shape index (κ1) is 10.9. The lowest BCUT2D eigenvalue weighted by molar-refractivity contribution is -0.134. The monoisotopic (exact) mass is 178 g/mol. The zero-order valence-corrected chi connectivity index (χ0v) is 7.82. The number of unbranched alkanes of at least 4 members (excludes halogenated alkanes) is 1. The third-order valence-electron chi connectivity index (χ3n) is 1.47. The maximum Gasteiger partial charge on any atom is 0.163 e. The molecule has 0 aliphatic heterocycles. The van der Waals surface area contributed by atoms with Crippen LogP contribution in [0.25, 0.3) is 0 Å². The van der Waals surface area contributed by atoms with Crippen LogP contribution in [-0.4, -0.2) is 22.4 Å². The molecule has 0 aliphatic rings. The molecular formula is C8H15ClO2. The van der Waals surface area contributed by atoms with E-state index in [4.69, 9.17) is 11.6 Å². The van der Waals surface area contributed by atoms with Crippen molar-refractivity contribution in [3.63, 3.8) is 0 Å². The molecule has 0 saturated heterocycles. The van der Waals surface area contributed by atoms with Crippen LogP contribution >= 0.6 is 11.6 Å². The average Bonchev–Trinajstić information content (AvgIpc) is 1.86. The second kappa shape index (κ2) is 4.73. The van der Waals surface area contributed by atoms with E-state index >= 15 is 0 Å². The van der Waals surface area contributed by atoms with Gasteiger partial charge in [0.2, 0.25) is 0 Å². The lowest BCUT2D eigenvalue weighted by Crippen LogP contribution is -2.30.